The van der Waals surface area contributed by atoms with Gasteiger partial charge in [-0.1, -0.05) is 54.6 Å². The third-order valence-electron chi connectivity index (χ3n) is 7.53. The normalized spacial score (nSPS) is 31.5. The number of amides is 2. The number of anilines is 1. The molecular formula is C25H23N3O4S3. The van der Waals surface area contributed by atoms with E-state index in [-0.39, 0.29) is 17.2 Å². The lowest BCUT2D eigenvalue weighted by atomic mass is 9.72. The molecule has 2 aromatic rings. The average molecular weight is 526 g/mol. The van der Waals surface area contributed by atoms with Crippen molar-refractivity contribution >= 4 is 52.8 Å². The summed E-state index contributed by atoms with van der Waals surface area (Å²) in [7, 11) is -2.60. The molecule has 10 heteroatoms. The second kappa shape index (κ2) is 7.41. The van der Waals surface area contributed by atoms with E-state index in [0.717, 1.165) is 11.1 Å². The summed E-state index contributed by atoms with van der Waals surface area (Å²) in [6, 6.07) is 15.4. The topological polar surface area (TPSA) is 78.0 Å². The summed E-state index contributed by atoms with van der Waals surface area (Å²) in [4.78, 5) is 28.6. The molecule has 2 amide bonds. The van der Waals surface area contributed by atoms with E-state index in [2.05, 4.69) is 12.6 Å². The van der Waals surface area contributed by atoms with Crippen molar-refractivity contribution in [1.82, 2.24) is 9.80 Å². The van der Waals surface area contributed by atoms with Gasteiger partial charge in [0.05, 0.1) is 16.0 Å². The van der Waals surface area contributed by atoms with Crippen molar-refractivity contribution in [2.75, 3.05) is 11.4 Å². The summed E-state index contributed by atoms with van der Waals surface area (Å²) in [5, 5.41) is -1.04. The number of thiol groups is 2. The molecule has 0 spiro atoms. The van der Waals surface area contributed by atoms with E-state index in [1.165, 1.54) is 33.3 Å². The first kappa shape index (κ1) is 22.8. The Morgan fingerprint density at radius 1 is 1.03 bits per heavy atom. The number of piperazine rings is 1. The Morgan fingerprint density at radius 3 is 2.40 bits per heavy atom. The molecule has 0 bridgehead atoms. The Kier molecular flexibility index (Phi) is 4.82. The summed E-state index contributed by atoms with van der Waals surface area (Å²) in [6.45, 7) is 0. The van der Waals surface area contributed by atoms with Gasteiger partial charge in [-0.3, -0.25) is 14.5 Å². The monoisotopic (exact) mass is 525 g/mol. The summed E-state index contributed by atoms with van der Waals surface area (Å²) < 4.78 is 29.8. The van der Waals surface area contributed by atoms with Gasteiger partial charge in [-0.2, -0.15) is 0 Å². The van der Waals surface area contributed by atoms with Gasteiger partial charge in [-0.25, -0.2) is 12.7 Å². The lowest BCUT2D eigenvalue weighted by molar-refractivity contribution is -0.157. The van der Waals surface area contributed by atoms with Gasteiger partial charge < -0.3 is 4.90 Å². The van der Waals surface area contributed by atoms with Gasteiger partial charge in [0.25, 0.3) is 21.8 Å². The van der Waals surface area contributed by atoms with Crippen molar-refractivity contribution in [3.05, 3.63) is 84.0 Å². The molecule has 7 nitrogen and oxygen atoms in total. The van der Waals surface area contributed by atoms with Crippen molar-refractivity contribution in [1.29, 1.82) is 0 Å². The second-order valence-corrected chi connectivity index (χ2v) is 12.3. The number of rotatable bonds is 3. The van der Waals surface area contributed by atoms with Crippen LogP contribution in [-0.4, -0.2) is 53.5 Å². The first-order chi connectivity index (χ1) is 16.7. The Hall–Kier alpha value is -2.69. The third kappa shape index (κ3) is 2.73. The molecule has 2 fully saturated rings. The van der Waals surface area contributed by atoms with Crippen LogP contribution in [0.1, 0.15) is 18.4 Å². The molecule has 6 rings (SSSR count). The molecule has 0 N–H and O–H groups in total. The first-order valence-corrected chi connectivity index (χ1v) is 13.6. The molecule has 1 aliphatic carbocycles. The molecule has 4 atom stereocenters. The van der Waals surface area contributed by atoms with Crippen LogP contribution in [0.4, 0.5) is 5.69 Å². The predicted octanol–water partition coefficient (Wildman–Crippen LogP) is 2.93. The van der Waals surface area contributed by atoms with Crippen LogP contribution in [-0.2, 0) is 25.0 Å². The van der Waals surface area contributed by atoms with E-state index in [9.17, 15) is 18.0 Å². The van der Waals surface area contributed by atoms with Crippen molar-refractivity contribution in [3.8, 4) is 0 Å². The molecule has 35 heavy (non-hydrogen) atoms. The van der Waals surface area contributed by atoms with Crippen LogP contribution in [0.3, 0.4) is 0 Å². The van der Waals surface area contributed by atoms with Crippen molar-refractivity contribution in [2.24, 2.45) is 0 Å². The minimum absolute atomic E-state index is 0.105. The second-order valence-electron chi connectivity index (χ2n) is 9.26. The van der Waals surface area contributed by atoms with E-state index in [0.29, 0.717) is 12.1 Å². The summed E-state index contributed by atoms with van der Waals surface area (Å²) in [5.41, 5.74) is 1.15. The number of sulfonamides is 1. The summed E-state index contributed by atoms with van der Waals surface area (Å²) >= 11 is 9.25. The molecule has 3 heterocycles. The first-order valence-electron chi connectivity index (χ1n) is 11.2. The van der Waals surface area contributed by atoms with Crippen LogP contribution in [0.2, 0.25) is 0 Å². The Bertz CT molecular complexity index is 1440. The van der Waals surface area contributed by atoms with Gasteiger partial charge in [-0.15, -0.1) is 25.3 Å². The summed E-state index contributed by atoms with van der Waals surface area (Å²) in [6.07, 6.45) is 5.81. The Balaban J connectivity index is 1.69. The number of allylic oxidation sites excluding steroid dienone is 3. The number of benzene rings is 2. The maximum absolute atomic E-state index is 14.2. The van der Waals surface area contributed by atoms with Crippen LogP contribution >= 0.6 is 25.3 Å². The Morgan fingerprint density at radius 2 is 1.71 bits per heavy atom. The molecule has 0 unspecified atom stereocenters. The van der Waals surface area contributed by atoms with Gasteiger partial charge in [-0.05, 0) is 35.8 Å². The number of hydrogen-bond acceptors (Lipinski definition) is 6. The maximum atomic E-state index is 14.2. The zero-order valence-corrected chi connectivity index (χ0v) is 21.4. The van der Waals surface area contributed by atoms with Crippen LogP contribution in [0.5, 0.6) is 0 Å². The fourth-order valence-electron chi connectivity index (χ4n) is 6.03. The molecule has 3 aliphatic heterocycles. The SMILES string of the molecule is CN1C(=O)[C@@]2(S)C[C@]3(C4=CCC=C4)c4ccccc4N(S(=O)(=O)c4ccccc4)[C@@H]3N2C(=O)[C@@H]1S. The number of fused-ring (bicyclic) bond motifs is 5. The highest BCUT2D eigenvalue weighted by Gasteiger charge is 2.73. The fraction of sp³-hybridized carbons (Fsp3) is 0.280. The Labute approximate surface area is 215 Å². The quantitative estimate of drug-likeness (QED) is 0.605. The van der Waals surface area contributed by atoms with Gasteiger partial charge in [0.2, 0.25) is 0 Å². The van der Waals surface area contributed by atoms with Crippen LogP contribution in [0, 0.1) is 0 Å². The fourth-order valence-corrected chi connectivity index (χ4v) is 8.56. The van der Waals surface area contributed by atoms with Crippen molar-refractivity contribution in [3.63, 3.8) is 0 Å². The number of carbonyl (C=O) groups is 2. The van der Waals surface area contributed by atoms with Crippen LogP contribution in [0.25, 0.3) is 0 Å². The largest absolute Gasteiger partial charge is 0.322 e. The highest BCUT2D eigenvalue weighted by atomic mass is 32.2. The van der Waals surface area contributed by atoms with Crippen molar-refractivity contribution in [2.45, 2.75) is 39.6 Å². The third-order valence-corrected chi connectivity index (χ3v) is 10.4. The van der Waals surface area contributed by atoms with Gasteiger partial charge in [0.15, 0.2) is 10.2 Å². The zero-order valence-electron chi connectivity index (χ0n) is 18.8. The molecular weight excluding hydrogens is 502 g/mol. The van der Waals surface area contributed by atoms with Gasteiger partial charge >= 0.3 is 0 Å². The standard InChI is InChI=1S/C25H23N3O4S3/c1-26-21(33)20(29)27-22-24(16-9-5-6-10-16,15-25(27,34)23(26)30)18-13-7-8-14-19(18)28(22)35(31,32)17-11-3-2-4-12-17/h2-5,7-14,21-22,33-34H,6,15H2,1H3/t21-,22-,24-,25-/m0/s1. The van der Waals surface area contributed by atoms with Crippen LogP contribution < -0.4 is 4.31 Å². The average Bonchev–Trinajstić information content (AvgIpc) is 3.55. The van der Waals surface area contributed by atoms with Gasteiger partial charge in [0, 0.05) is 13.5 Å². The molecule has 4 aliphatic rings. The minimum atomic E-state index is -4.12. The maximum Gasteiger partial charge on any atom is 0.266 e. The van der Waals surface area contributed by atoms with Crippen molar-refractivity contribution < 1.29 is 18.0 Å². The number of carbonyl (C=O) groups excluding carboxylic acids is 2. The molecule has 0 saturated carbocycles. The van der Waals surface area contributed by atoms with E-state index in [1.807, 2.05) is 30.4 Å². The number of likely N-dealkylation sites (N-methyl/N-ethyl adjacent to an activating group) is 1. The van der Waals surface area contributed by atoms with E-state index < -0.39 is 37.8 Å². The van der Waals surface area contributed by atoms with Gasteiger partial charge in [0.1, 0.15) is 6.17 Å². The molecule has 0 aromatic heterocycles. The smallest absolute Gasteiger partial charge is 0.266 e. The van der Waals surface area contributed by atoms with E-state index >= 15 is 0 Å². The van der Waals surface area contributed by atoms with E-state index in [4.69, 9.17) is 12.6 Å². The minimum Gasteiger partial charge on any atom is -0.322 e. The van der Waals surface area contributed by atoms with Crippen LogP contribution in [0.15, 0.2) is 83.3 Å². The summed E-state index contributed by atoms with van der Waals surface area (Å²) in [5.74, 6) is -0.840. The zero-order chi connectivity index (χ0) is 24.8. The lowest BCUT2D eigenvalue weighted by Gasteiger charge is -2.47. The highest BCUT2D eigenvalue weighted by Crippen LogP contribution is 2.64. The number of nitrogens with zero attached hydrogens (tertiary/aromatic N) is 3. The molecule has 2 saturated heterocycles. The lowest BCUT2D eigenvalue weighted by Crippen LogP contribution is -2.68. The van der Waals surface area contributed by atoms with E-state index in [1.54, 1.807) is 30.3 Å². The molecule has 180 valence electrons. The molecule has 2 aromatic carbocycles. The highest BCUT2D eigenvalue weighted by molar-refractivity contribution is 7.93. The number of hydrogen-bond donors (Lipinski definition) is 2. The predicted molar refractivity (Wildman–Crippen MR) is 139 cm³/mol. The molecule has 0 radical (unpaired) electrons. The number of para-hydroxylation sites is 1.